The molecule has 2 aromatic heterocycles. The highest BCUT2D eigenvalue weighted by Crippen LogP contribution is 2.28. The summed E-state index contributed by atoms with van der Waals surface area (Å²) >= 11 is 4.17. The monoisotopic (exact) mass is 719 g/mol. The molecule has 3 aromatic rings. The van der Waals surface area contributed by atoms with Crippen LogP contribution in [0.5, 0.6) is 11.5 Å². The highest BCUT2D eigenvalue weighted by atomic mass is 127. The van der Waals surface area contributed by atoms with Gasteiger partial charge in [0.2, 0.25) is 0 Å². The number of hydrogen-bond acceptors (Lipinski definition) is 7. The maximum Gasteiger partial charge on any atom is 0.413 e. The van der Waals surface area contributed by atoms with Crippen molar-refractivity contribution < 1.29 is 23.4 Å². The van der Waals surface area contributed by atoms with E-state index in [4.69, 9.17) is 19.5 Å². The Bertz CT molecular complexity index is 1270. The van der Waals surface area contributed by atoms with E-state index in [0.717, 1.165) is 12.8 Å². The number of carbonyl (C=O) groups excluding carboxylic acids is 1. The number of nitrogens with zero attached hydrogens (tertiary/aromatic N) is 3. The zero-order valence-electron chi connectivity index (χ0n) is 19.8. The van der Waals surface area contributed by atoms with Crippen molar-refractivity contribution in [1.29, 1.82) is 5.26 Å². The molecule has 1 aromatic carbocycles. The first-order valence-corrected chi connectivity index (χ1v) is 13.0. The molecule has 12 heteroatoms. The third kappa shape index (κ3) is 8.19. The van der Waals surface area contributed by atoms with Gasteiger partial charge in [-0.05, 0) is 103 Å². The maximum absolute atomic E-state index is 14.0. The fourth-order valence-electron chi connectivity index (χ4n) is 3.02. The van der Waals surface area contributed by atoms with Crippen LogP contribution in [0.15, 0.2) is 30.5 Å². The van der Waals surface area contributed by atoms with Gasteiger partial charge in [0.1, 0.15) is 29.8 Å². The minimum absolute atomic E-state index is 0.0121. The number of H-pyrrole nitrogens is 1. The highest BCUT2D eigenvalue weighted by molar-refractivity contribution is 14.1. The third-order valence-electron chi connectivity index (χ3n) is 4.55. The smallest absolute Gasteiger partial charge is 0.413 e. The number of aromatic nitrogens is 3. The van der Waals surface area contributed by atoms with Crippen LogP contribution in [0.4, 0.5) is 15.0 Å². The molecule has 3 rings (SSSR count). The average molecular weight is 719 g/mol. The normalized spacial score (nSPS) is 11.0. The van der Waals surface area contributed by atoms with Crippen LogP contribution < -0.4 is 14.8 Å². The summed E-state index contributed by atoms with van der Waals surface area (Å²) in [5, 5.41) is 18.4. The summed E-state index contributed by atoms with van der Waals surface area (Å²) in [5.41, 5.74) is 1.07. The molecule has 0 fully saturated rings. The van der Waals surface area contributed by atoms with Crippen molar-refractivity contribution in [3.8, 4) is 17.6 Å². The van der Waals surface area contributed by atoms with E-state index < -0.39 is 17.5 Å². The quantitative estimate of drug-likeness (QED) is 0.207. The molecule has 0 spiro atoms. The van der Waals surface area contributed by atoms with E-state index in [1.165, 1.54) is 12.1 Å². The van der Waals surface area contributed by atoms with Crippen LogP contribution in [-0.4, -0.2) is 33.5 Å². The number of nitrogens with one attached hydrogen (secondary N) is 2. The Morgan fingerprint density at radius 2 is 2.00 bits per heavy atom. The van der Waals surface area contributed by atoms with E-state index >= 15 is 0 Å². The van der Waals surface area contributed by atoms with Crippen LogP contribution in [0.1, 0.15) is 44.1 Å². The van der Waals surface area contributed by atoms with Gasteiger partial charge in [-0.2, -0.15) is 10.4 Å². The molecule has 0 saturated carbocycles. The summed E-state index contributed by atoms with van der Waals surface area (Å²) in [7, 11) is 0. The van der Waals surface area contributed by atoms with Gasteiger partial charge >= 0.3 is 6.09 Å². The number of rotatable bonds is 9. The van der Waals surface area contributed by atoms with Gasteiger partial charge in [-0.1, -0.05) is 0 Å². The topological polar surface area (TPSA) is 122 Å². The number of hydrogen-bond donors (Lipinski definition) is 2. The number of halogens is 3. The lowest BCUT2D eigenvalue weighted by Gasteiger charge is -2.20. The summed E-state index contributed by atoms with van der Waals surface area (Å²) in [6.45, 7) is 5.64. The Morgan fingerprint density at radius 1 is 1.22 bits per heavy atom. The Morgan fingerprint density at radius 3 is 2.69 bits per heavy atom. The summed E-state index contributed by atoms with van der Waals surface area (Å²) in [6, 6.07) is 7.95. The predicted molar refractivity (Wildman–Crippen MR) is 147 cm³/mol. The third-order valence-corrected chi connectivity index (χ3v) is 6.31. The van der Waals surface area contributed by atoms with Crippen molar-refractivity contribution in [1.82, 2.24) is 15.2 Å². The van der Waals surface area contributed by atoms with E-state index in [2.05, 4.69) is 65.7 Å². The van der Waals surface area contributed by atoms with E-state index in [1.54, 1.807) is 39.1 Å². The lowest BCUT2D eigenvalue weighted by atomic mass is 10.2. The van der Waals surface area contributed by atoms with Crippen LogP contribution in [0.25, 0.3) is 0 Å². The summed E-state index contributed by atoms with van der Waals surface area (Å²) < 4.78 is 32.7. The zero-order chi connectivity index (χ0) is 26.3. The zero-order valence-corrected chi connectivity index (χ0v) is 24.1. The molecule has 0 unspecified atom stereocenters. The number of aryl methyl sites for hydroxylation is 1. The largest absolute Gasteiger partial charge is 0.493 e. The van der Waals surface area contributed by atoms with Crippen molar-refractivity contribution in [2.75, 3.05) is 11.9 Å². The first-order valence-electron chi connectivity index (χ1n) is 10.9. The molecule has 190 valence electrons. The molecule has 0 atom stereocenters. The van der Waals surface area contributed by atoms with Gasteiger partial charge in [0.25, 0.3) is 0 Å². The minimum Gasteiger partial charge on any atom is -0.493 e. The molecule has 0 radical (unpaired) electrons. The maximum atomic E-state index is 14.0. The van der Waals surface area contributed by atoms with Crippen LogP contribution in [0.3, 0.4) is 0 Å². The standard InChI is InChI=1S/C24H24FI2N5O4/c1-24(2,3)36-23(33)30-22-20(10-16(26)12-29-22)35-13-14-9-15(25)6-7-19(14)34-8-4-5-17-21(27)18(11-28)32-31-17/h6-7,9-10,12H,4-5,8,13H2,1-3H3,(H,31,32)(H,29,30,33). The number of pyridine rings is 1. The van der Waals surface area contributed by atoms with Gasteiger partial charge in [-0.25, -0.2) is 14.2 Å². The number of nitriles is 1. The van der Waals surface area contributed by atoms with Crippen molar-refractivity contribution in [3.05, 3.63) is 60.4 Å². The van der Waals surface area contributed by atoms with Crippen molar-refractivity contribution >= 4 is 57.1 Å². The van der Waals surface area contributed by atoms with Crippen LogP contribution in [-0.2, 0) is 17.8 Å². The molecule has 2 N–H and O–H groups in total. The Hall–Kier alpha value is -2.67. The Kier molecular flexibility index (Phi) is 9.71. The van der Waals surface area contributed by atoms with Crippen molar-refractivity contribution in [2.45, 2.75) is 45.8 Å². The van der Waals surface area contributed by atoms with Crippen molar-refractivity contribution in [2.24, 2.45) is 0 Å². The average Bonchev–Trinajstić information content (AvgIpc) is 3.16. The van der Waals surface area contributed by atoms with Gasteiger partial charge in [0, 0.05) is 15.3 Å². The summed E-state index contributed by atoms with van der Waals surface area (Å²) in [5.74, 6) is 0.554. The van der Waals surface area contributed by atoms with E-state index in [1.807, 2.05) is 6.07 Å². The Balaban J connectivity index is 1.65. The number of ether oxygens (including phenoxy) is 3. The molecule has 0 bridgehead atoms. The first kappa shape index (κ1) is 27.9. The lowest BCUT2D eigenvalue weighted by molar-refractivity contribution is 0.0634. The number of aromatic amines is 1. The number of anilines is 1. The molecule has 2 heterocycles. The number of benzene rings is 1. The van der Waals surface area contributed by atoms with Gasteiger partial charge in [-0.15, -0.1) is 0 Å². The number of carbonyl (C=O) groups is 1. The second-order valence-electron chi connectivity index (χ2n) is 8.60. The molecular formula is C24H24FI2N5O4. The molecule has 0 aliphatic rings. The van der Waals surface area contributed by atoms with Gasteiger partial charge < -0.3 is 14.2 Å². The number of amides is 1. The minimum atomic E-state index is -0.671. The SMILES string of the molecule is CC(C)(C)OC(=O)Nc1ncc(I)cc1OCc1cc(F)ccc1OCCCc1[nH]nc(C#N)c1I. The Labute approximate surface area is 235 Å². The predicted octanol–water partition coefficient (Wildman–Crippen LogP) is 5.96. The molecule has 0 aliphatic carbocycles. The molecule has 0 saturated heterocycles. The van der Waals surface area contributed by atoms with Crippen LogP contribution in [0, 0.1) is 24.3 Å². The molecular weight excluding hydrogens is 695 g/mol. The summed E-state index contributed by atoms with van der Waals surface area (Å²) in [4.78, 5) is 16.4. The summed E-state index contributed by atoms with van der Waals surface area (Å²) in [6.07, 6.45) is 2.22. The van der Waals surface area contributed by atoms with Gasteiger partial charge in [0.05, 0.1) is 15.9 Å². The highest BCUT2D eigenvalue weighted by Gasteiger charge is 2.19. The second kappa shape index (κ2) is 12.5. The molecule has 0 aliphatic heterocycles. The van der Waals surface area contributed by atoms with E-state index in [-0.39, 0.29) is 12.4 Å². The van der Waals surface area contributed by atoms with Gasteiger partial charge in [0.15, 0.2) is 17.3 Å². The first-order chi connectivity index (χ1) is 17.1. The molecule has 1 amide bonds. The van der Waals surface area contributed by atoms with E-state index in [9.17, 15) is 9.18 Å². The molecule has 36 heavy (non-hydrogen) atoms. The molecule has 9 nitrogen and oxygen atoms in total. The van der Waals surface area contributed by atoms with Gasteiger partial charge in [-0.3, -0.25) is 10.4 Å². The lowest BCUT2D eigenvalue weighted by Crippen LogP contribution is -2.27. The van der Waals surface area contributed by atoms with Crippen LogP contribution in [0.2, 0.25) is 0 Å². The van der Waals surface area contributed by atoms with Crippen molar-refractivity contribution in [3.63, 3.8) is 0 Å². The second-order valence-corrected chi connectivity index (χ2v) is 10.9. The fourth-order valence-corrected chi connectivity index (χ4v) is 4.07. The van der Waals surface area contributed by atoms with Crippen LogP contribution >= 0.6 is 45.2 Å². The fraction of sp³-hybridized carbons (Fsp3) is 0.333. The van der Waals surface area contributed by atoms with E-state index in [0.29, 0.717) is 42.2 Å².